The molecule has 2 amide bonds. The normalized spacial score (nSPS) is 12.1. The maximum atomic E-state index is 13.8. The van der Waals surface area contributed by atoms with Crippen LogP contribution in [0.4, 0.5) is 27.6 Å². The van der Waals surface area contributed by atoms with Gasteiger partial charge in [0.1, 0.15) is 26.1 Å². The molecule has 5 heterocycles. The van der Waals surface area contributed by atoms with Gasteiger partial charge in [-0.15, -0.1) is 11.3 Å². The highest BCUT2D eigenvalue weighted by atomic mass is 35.5. The van der Waals surface area contributed by atoms with Crippen LogP contribution in [0.15, 0.2) is 18.3 Å². The summed E-state index contributed by atoms with van der Waals surface area (Å²) in [4.78, 5) is 33.5. The van der Waals surface area contributed by atoms with E-state index in [0.717, 1.165) is 12.1 Å². The first-order chi connectivity index (χ1) is 19.2. The third kappa shape index (κ3) is 4.86. The number of halogens is 6. The maximum absolute atomic E-state index is 13.8. The van der Waals surface area contributed by atoms with Gasteiger partial charge < -0.3 is 11.1 Å². The lowest BCUT2D eigenvalue weighted by Crippen LogP contribution is -2.18. The Kier molecular flexibility index (Phi) is 6.93. The minimum atomic E-state index is -4.85. The Morgan fingerprint density at radius 1 is 1.15 bits per heavy atom. The van der Waals surface area contributed by atoms with Crippen LogP contribution in [-0.2, 0) is 12.7 Å². The Morgan fingerprint density at radius 2 is 1.85 bits per heavy atom. The number of rotatable bonds is 6. The van der Waals surface area contributed by atoms with Crippen molar-refractivity contribution in [3.8, 4) is 11.1 Å². The number of hydrogen-bond acceptors (Lipinski definition) is 7. The molecule has 0 saturated heterocycles. The van der Waals surface area contributed by atoms with Crippen LogP contribution in [0.3, 0.4) is 0 Å². The van der Waals surface area contributed by atoms with Crippen molar-refractivity contribution in [2.75, 3.05) is 5.32 Å². The largest absolute Gasteiger partial charge is 0.433 e. The number of anilines is 1. The van der Waals surface area contributed by atoms with E-state index in [1.54, 1.807) is 17.8 Å². The van der Waals surface area contributed by atoms with Crippen LogP contribution in [0.2, 0.25) is 5.02 Å². The number of fused-ring (bicyclic) bond motifs is 2. The summed E-state index contributed by atoms with van der Waals surface area (Å²) in [5.74, 6) is -2.11. The number of hydrogen-bond donors (Lipinski definition) is 2. The van der Waals surface area contributed by atoms with Gasteiger partial charge in [-0.2, -0.15) is 23.4 Å². The molecule has 0 aliphatic rings. The summed E-state index contributed by atoms with van der Waals surface area (Å²) >= 11 is 6.92. The average Bonchev–Trinajstić information content (AvgIpc) is 3.55. The molecule has 0 saturated carbocycles. The molecule has 0 atom stereocenters. The smallest absolute Gasteiger partial charge is 0.365 e. The Hall–Kier alpha value is -4.18. The molecule has 0 unspecified atom stereocenters. The molecule has 10 nitrogen and oxygen atoms in total. The molecule has 5 aromatic heterocycles. The molecular formula is C24H18ClF5N8O2S. The number of nitrogens with zero attached hydrogens (tertiary/aromatic N) is 6. The molecule has 0 aromatic carbocycles. The number of carbonyl (C=O) groups is 2. The average molecular weight is 613 g/mol. The van der Waals surface area contributed by atoms with Crippen LogP contribution >= 0.6 is 22.9 Å². The van der Waals surface area contributed by atoms with Gasteiger partial charge in [-0.1, -0.05) is 11.6 Å². The minimum Gasteiger partial charge on any atom is -0.365 e. The van der Waals surface area contributed by atoms with Crippen LogP contribution in [0.1, 0.15) is 56.3 Å². The monoisotopic (exact) mass is 612 g/mol. The predicted octanol–water partition coefficient (Wildman–Crippen LogP) is 5.80. The van der Waals surface area contributed by atoms with Gasteiger partial charge in [0.2, 0.25) is 0 Å². The molecular weight excluding hydrogens is 595 g/mol. The molecule has 0 aliphatic heterocycles. The molecule has 0 spiro atoms. The number of amides is 2. The standard InChI is InChI=1S/C24H18ClF5N8O2S/c1-4-37-7-11(9(3)35-37)10-6-12(19(26)27)33-23-14(10)16(18(41-23)20(31)39)34-22(40)17-15(25)21-32-8(2)5-13(24(28,29)30)38(21)36-17/h5-7,19H,4H2,1-3H3,(H2,31,39)(H,34,40). The van der Waals surface area contributed by atoms with Crippen LogP contribution in [0, 0.1) is 13.8 Å². The van der Waals surface area contributed by atoms with E-state index in [1.165, 1.54) is 6.92 Å². The number of aromatic nitrogens is 6. The van der Waals surface area contributed by atoms with Crippen molar-refractivity contribution in [2.24, 2.45) is 5.73 Å². The summed E-state index contributed by atoms with van der Waals surface area (Å²) < 4.78 is 70.6. The topological polar surface area (TPSA) is 133 Å². The molecule has 41 heavy (non-hydrogen) atoms. The van der Waals surface area contributed by atoms with E-state index in [1.807, 2.05) is 6.92 Å². The maximum Gasteiger partial charge on any atom is 0.433 e. The fraction of sp³-hybridized carbons (Fsp3) is 0.250. The van der Waals surface area contributed by atoms with E-state index >= 15 is 0 Å². The summed E-state index contributed by atoms with van der Waals surface area (Å²) in [6.45, 7) is 5.26. The van der Waals surface area contributed by atoms with E-state index in [0.29, 0.717) is 33.7 Å². The summed E-state index contributed by atoms with van der Waals surface area (Å²) in [5.41, 5.74) is 3.57. The van der Waals surface area contributed by atoms with E-state index in [4.69, 9.17) is 17.3 Å². The first-order valence-electron chi connectivity index (χ1n) is 11.7. The third-order valence-corrected chi connectivity index (χ3v) is 7.54. The first-order valence-corrected chi connectivity index (χ1v) is 12.9. The fourth-order valence-electron chi connectivity index (χ4n) is 4.31. The van der Waals surface area contributed by atoms with Gasteiger partial charge in [-0.05, 0) is 38.5 Å². The van der Waals surface area contributed by atoms with Crippen molar-refractivity contribution in [3.63, 3.8) is 0 Å². The van der Waals surface area contributed by atoms with E-state index in [9.17, 15) is 31.5 Å². The second-order valence-corrected chi connectivity index (χ2v) is 10.2. The molecule has 5 rings (SSSR count). The lowest BCUT2D eigenvalue weighted by atomic mass is 10.0. The van der Waals surface area contributed by atoms with Crippen LogP contribution in [-0.4, -0.2) is 41.2 Å². The van der Waals surface area contributed by atoms with Crippen molar-refractivity contribution in [1.82, 2.24) is 29.4 Å². The second-order valence-electron chi connectivity index (χ2n) is 8.86. The molecule has 0 radical (unpaired) electrons. The molecule has 0 aliphatic carbocycles. The highest BCUT2D eigenvalue weighted by molar-refractivity contribution is 7.21. The van der Waals surface area contributed by atoms with Gasteiger partial charge in [-0.3, -0.25) is 14.3 Å². The lowest BCUT2D eigenvalue weighted by molar-refractivity contribution is -0.142. The molecule has 3 N–H and O–H groups in total. The van der Waals surface area contributed by atoms with Gasteiger partial charge in [0.15, 0.2) is 11.3 Å². The number of nitrogens with two attached hydrogens (primary N) is 1. The zero-order valence-electron chi connectivity index (χ0n) is 21.3. The van der Waals surface area contributed by atoms with Crippen LogP contribution < -0.4 is 11.1 Å². The predicted molar refractivity (Wildman–Crippen MR) is 140 cm³/mol. The number of nitrogens with one attached hydrogen (secondary N) is 1. The van der Waals surface area contributed by atoms with Gasteiger partial charge >= 0.3 is 6.18 Å². The molecule has 0 bridgehead atoms. The van der Waals surface area contributed by atoms with Crippen molar-refractivity contribution >= 4 is 56.3 Å². The molecule has 17 heteroatoms. The Labute approximate surface area is 235 Å². The van der Waals surface area contributed by atoms with Crippen LogP contribution in [0.25, 0.3) is 27.0 Å². The first kappa shape index (κ1) is 28.4. The Bertz CT molecular complexity index is 1880. The second kappa shape index (κ2) is 10.0. The van der Waals surface area contributed by atoms with Gasteiger partial charge in [0.05, 0.1) is 11.4 Å². The van der Waals surface area contributed by atoms with Crippen molar-refractivity contribution < 1.29 is 31.5 Å². The lowest BCUT2D eigenvalue weighted by Gasteiger charge is -2.10. The van der Waals surface area contributed by atoms with Crippen molar-refractivity contribution in [3.05, 3.63) is 56.7 Å². The quantitative estimate of drug-likeness (QED) is 0.233. The van der Waals surface area contributed by atoms with Crippen molar-refractivity contribution in [1.29, 1.82) is 0 Å². The summed E-state index contributed by atoms with van der Waals surface area (Å²) in [6.07, 6.45) is -6.20. The van der Waals surface area contributed by atoms with E-state index < -0.39 is 52.2 Å². The van der Waals surface area contributed by atoms with Gasteiger partial charge in [0.25, 0.3) is 18.2 Å². The third-order valence-electron chi connectivity index (χ3n) is 6.09. The number of pyridine rings is 1. The number of thiophene rings is 1. The zero-order chi connectivity index (χ0) is 30.0. The van der Waals surface area contributed by atoms with Crippen LogP contribution in [0.5, 0.6) is 0 Å². The van der Waals surface area contributed by atoms with E-state index in [-0.39, 0.29) is 32.0 Å². The van der Waals surface area contributed by atoms with Gasteiger partial charge in [0, 0.05) is 29.4 Å². The van der Waals surface area contributed by atoms with Gasteiger partial charge in [-0.25, -0.2) is 23.3 Å². The minimum absolute atomic E-state index is 0.0213. The fourth-order valence-corrected chi connectivity index (χ4v) is 5.57. The van der Waals surface area contributed by atoms with Crippen molar-refractivity contribution in [2.45, 2.75) is 39.9 Å². The highest BCUT2D eigenvalue weighted by Gasteiger charge is 2.36. The summed E-state index contributed by atoms with van der Waals surface area (Å²) in [7, 11) is 0. The SMILES string of the molecule is CCn1cc(-c2cc(C(F)F)nc3sc(C(N)=O)c(NC(=O)c4nn5c(C(F)(F)F)cc(C)nc5c4Cl)c23)c(C)n1. The van der Waals surface area contributed by atoms with E-state index in [2.05, 4.69) is 25.5 Å². The highest BCUT2D eigenvalue weighted by Crippen LogP contribution is 2.43. The number of primary amides is 1. The molecule has 0 fully saturated rings. The molecule has 214 valence electrons. The summed E-state index contributed by atoms with van der Waals surface area (Å²) in [6, 6.07) is 1.86. The Balaban J connectivity index is 1.73. The number of carbonyl (C=O) groups excluding carboxylic acids is 2. The Morgan fingerprint density at radius 3 is 2.44 bits per heavy atom. The number of alkyl halides is 5. The zero-order valence-corrected chi connectivity index (χ0v) is 22.8. The number of aryl methyl sites for hydroxylation is 3. The summed E-state index contributed by atoms with van der Waals surface area (Å²) in [5, 5.41) is 10.2. The molecule has 5 aromatic rings.